The minimum Gasteiger partial charge on any atom is -0.310 e. The standard InChI is InChI=1S/C73H48N2/c1-4-20-49(21-5-1)51-36-40-55(41-37-51)74(56-42-45-62-61-30-14-18-34-68(61)73(69(62)48-56)66-32-16-12-28-59(66)60-29-13-17-33-67(60)73)71-46-52(50-22-6-2-7-23-50)38-43-64(71)58-27-11-10-26-57(58)53-39-44-65-63-31-15-19-35-70(63)75(72(65)47-53)54-24-8-3-9-25-54/h1-48H. The highest BCUT2D eigenvalue weighted by molar-refractivity contribution is 6.11. The van der Waals surface area contributed by atoms with Crippen molar-refractivity contribution >= 4 is 38.9 Å². The fraction of sp³-hybridized carbons (Fsp3) is 0.0137. The number of aromatic nitrogens is 1. The predicted molar refractivity (Wildman–Crippen MR) is 314 cm³/mol. The maximum atomic E-state index is 2.52. The van der Waals surface area contributed by atoms with E-state index in [1.807, 2.05) is 0 Å². The Morgan fingerprint density at radius 3 is 1.36 bits per heavy atom. The lowest BCUT2D eigenvalue weighted by molar-refractivity contribution is 0.793. The van der Waals surface area contributed by atoms with Crippen molar-refractivity contribution in [2.45, 2.75) is 5.41 Å². The molecule has 1 aromatic heterocycles. The molecule has 2 heteroatoms. The summed E-state index contributed by atoms with van der Waals surface area (Å²) in [5, 5.41) is 2.48. The normalized spacial score (nSPS) is 12.6. The minimum absolute atomic E-state index is 0.500. The molecule has 0 unspecified atom stereocenters. The molecule has 2 nitrogen and oxygen atoms in total. The van der Waals surface area contributed by atoms with Gasteiger partial charge in [0.2, 0.25) is 0 Å². The first-order valence-corrected chi connectivity index (χ1v) is 26.0. The van der Waals surface area contributed by atoms with Gasteiger partial charge in [0.15, 0.2) is 0 Å². The summed E-state index contributed by atoms with van der Waals surface area (Å²) in [7, 11) is 0. The first-order valence-electron chi connectivity index (χ1n) is 26.0. The summed E-state index contributed by atoms with van der Waals surface area (Å²) < 4.78 is 2.41. The van der Waals surface area contributed by atoms with Crippen LogP contribution in [0.15, 0.2) is 291 Å². The first kappa shape index (κ1) is 42.9. The molecule has 12 aromatic carbocycles. The fourth-order valence-corrected chi connectivity index (χ4v) is 12.8. The number of rotatable bonds is 8. The quantitative estimate of drug-likeness (QED) is 0.147. The van der Waals surface area contributed by atoms with Crippen molar-refractivity contribution in [3.8, 4) is 72.4 Å². The average Bonchev–Trinajstić information content (AvgIpc) is 4.19. The van der Waals surface area contributed by atoms with Gasteiger partial charge < -0.3 is 9.47 Å². The van der Waals surface area contributed by atoms with Crippen molar-refractivity contribution in [1.82, 2.24) is 4.57 Å². The number of benzene rings is 12. The van der Waals surface area contributed by atoms with Gasteiger partial charge in [0.05, 0.1) is 22.1 Å². The summed E-state index contributed by atoms with van der Waals surface area (Å²) in [6.45, 7) is 0. The Bertz CT molecular complexity index is 4280. The Hall–Kier alpha value is -9.76. The monoisotopic (exact) mass is 952 g/mol. The van der Waals surface area contributed by atoms with Gasteiger partial charge in [-0.05, 0) is 138 Å². The minimum atomic E-state index is -0.500. The van der Waals surface area contributed by atoms with Crippen molar-refractivity contribution in [2.24, 2.45) is 0 Å². The van der Waals surface area contributed by atoms with Crippen molar-refractivity contribution in [2.75, 3.05) is 4.90 Å². The number of nitrogens with zero attached hydrogens (tertiary/aromatic N) is 2. The van der Waals surface area contributed by atoms with E-state index in [1.54, 1.807) is 0 Å². The zero-order valence-electron chi connectivity index (χ0n) is 41.1. The van der Waals surface area contributed by atoms with E-state index in [1.165, 1.54) is 88.6 Å². The van der Waals surface area contributed by atoms with Crippen LogP contribution in [0.5, 0.6) is 0 Å². The highest BCUT2D eigenvalue weighted by Gasteiger charge is 2.51. The van der Waals surface area contributed by atoms with Gasteiger partial charge in [-0.2, -0.15) is 0 Å². The van der Waals surface area contributed by atoms with E-state index in [2.05, 4.69) is 301 Å². The highest BCUT2D eigenvalue weighted by Crippen LogP contribution is 2.63. The molecule has 0 saturated heterocycles. The van der Waals surface area contributed by atoms with Gasteiger partial charge in [-0.25, -0.2) is 0 Å². The summed E-state index contributed by atoms with van der Waals surface area (Å²) in [6, 6.07) is 108. The summed E-state index contributed by atoms with van der Waals surface area (Å²) in [6.07, 6.45) is 0. The van der Waals surface area contributed by atoms with Gasteiger partial charge >= 0.3 is 0 Å². The van der Waals surface area contributed by atoms with Gasteiger partial charge in [-0.3, -0.25) is 0 Å². The van der Waals surface area contributed by atoms with Crippen LogP contribution in [-0.2, 0) is 5.41 Å². The molecule has 0 fully saturated rings. The third kappa shape index (κ3) is 6.60. The topological polar surface area (TPSA) is 8.17 Å². The lowest BCUT2D eigenvalue weighted by Gasteiger charge is -2.33. The zero-order valence-corrected chi connectivity index (χ0v) is 41.1. The van der Waals surface area contributed by atoms with E-state index < -0.39 is 5.41 Å². The molecule has 350 valence electrons. The van der Waals surface area contributed by atoms with Crippen LogP contribution in [0, 0.1) is 0 Å². The van der Waals surface area contributed by atoms with Crippen LogP contribution < -0.4 is 4.90 Å². The van der Waals surface area contributed by atoms with Gasteiger partial charge in [0, 0.05) is 33.4 Å². The molecule has 0 amide bonds. The molecule has 75 heavy (non-hydrogen) atoms. The maximum Gasteiger partial charge on any atom is 0.0726 e. The number of hydrogen-bond acceptors (Lipinski definition) is 1. The van der Waals surface area contributed by atoms with Crippen LogP contribution in [0.2, 0.25) is 0 Å². The lowest BCUT2D eigenvalue weighted by atomic mass is 9.70. The van der Waals surface area contributed by atoms with E-state index >= 15 is 0 Å². The van der Waals surface area contributed by atoms with E-state index in [0.29, 0.717) is 0 Å². The highest BCUT2D eigenvalue weighted by atomic mass is 15.1. The zero-order chi connectivity index (χ0) is 49.5. The molecule has 2 aliphatic rings. The molecule has 0 N–H and O–H groups in total. The van der Waals surface area contributed by atoms with Crippen LogP contribution in [0.3, 0.4) is 0 Å². The molecule has 0 bridgehead atoms. The predicted octanol–water partition coefficient (Wildman–Crippen LogP) is 19.3. The third-order valence-corrected chi connectivity index (χ3v) is 16.0. The number of anilines is 3. The van der Waals surface area contributed by atoms with Crippen LogP contribution >= 0.6 is 0 Å². The molecular formula is C73H48N2. The summed E-state index contributed by atoms with van der Waals surface area (Å²) in [4.78, 5) is 2.52. The lowest BCUT2D eigenvalue weighted by Crippen LogP contribution is -2.26. The summed E-state index contributed by atoms with van der Waals surface area (Å²) in [5.41, 5.74) is 26.0. The second-order valence-electron chi connectivity index (χ2n) is 19.9. The largest absolute Gasteiger partial charge is 0.310 e. The van der Waals surface area contributed by atoms with Crippen molar-refractivity contribution in [1.29, 1.82) is 0 Å². The molecule has 13 aromatic rings. The second-order valence-corrected chi connectivity index (χ2v) is 19.9. The average molecular weight is 953 g/mol. The Balaban J connectivity index is 0.989. The number of hydrogen-bond donors (Lipinski definition) is 0. The van der Waals surface area contributed by atoms with Crippen LogP contribution in [0.4, 0.5) is 17.1 Å². The molecule has 0 radical (unpaired) electrons. The molecule has 1 heterocycles. The molecule has 0 aliphatic heterocycles. The van der Waals surface area contributed by atoms with Crippen LogP contribution in [-0.4, -0.2) is 4.57 Å². The van der Waals surface area contributed by atoms with Gasteiger partial charge in [-0.1, -0.05) is 237 Å². The Morgan fingerprint density at radius 2 is 0.707 bits per heavy atom. The molecule has 15 rings (SSSR count). The summed E-state index contributed by atoms with van der Waals surface area (Å²) >= 11 is 0. The van der Waals surface area contributed by atoms with Crippen molar-refractivity contribution in [3.63, 3.8) is 0 Å². The molecule has 2 aliphatic carbocycles. The van der Waals surface area contributed by atoms with Gasteiger partial charge in [0.1, 0.15) is 0 Å². The molecule has 0 atom stereocenters. The Morgan fingerprint density at radius 1 is 0.253 bits per heavy atom. The van der Waals surface area contributed by atoms with Gasteiger partial charge in [-0.15, -0.1) is 0 Å². The maximum absolute atomic E-state index is 2.52. The number of para-hydroxylation sites is 2. The SMILES string of the molecule is c1ccc(-c2ccc(N(c3ccc4c(c3)C3(c5ccccc5-c5ccccc53)c3ccccc3-4)c3cc(-c4ccccc4)ccc3-c3ccccc3-c3ccc4c5ccccc5n(-c5ccccc5)c4c3)cc2)cc1. The number of fused-ring (bicyclic) bond motifs is 13. The summed E-state index contributed by atoms with van der Waals surface area (Å²) in [5.74, 6) is 0. The van der Waals surface area contributed by atoms with Crippen molar-refractivity contribution in [3.05, 3.63) is 313 Å². The second kappa shape index (κ2) is 17.2. The Labute approximate surface area is 437 Å². The van der Waals surface area contributed by atoms with E-state index in [4.69, 9.17) is 0 Å². The molecular weight excluding hydrogens is 905 g/mol. The van der Waals surface area contributed by atoms with E-state index in [9.17, 15) is 0 Å². The van der Waals surface area contributed by atoms with Crippen LogP contribution in [0.1, 0.15) is 22.3 Å². The first-order chi connectivity index (χ1) is 37.2. The van der Waals surface area contributed by atoms with Crippen LogP contribution in [0.25, 0.3) is 94.3 Å². The van der Waals surface area contributed by atoms with E-state index in [0.717, 1.165) is 45.0 Å². The smallest absolute Gasteiger partial charge is 0.0726 e. The fourth-order valence-electron chi connectivity index (χ4n) is 12.8. The Kier molecular flexibility index (Phi) is 9.83. The van der Waals surface area contributed by atoms with Gasteiger partial charge in [0.25, 0.3) is 0 Å². The van der Waals surface area contributed by atoms with Crippen molar-refractivity contribution < 1.29 is 0 Å². The van der Waals surface area contributed by atoms with E-state index in [-0.39, 0.29) is 0 Å². The third-order valence-electron chi connectivity index (χ3n) is 16.0. The molecule has 1 spiro atoms. The molecule has 0 saturated carbocycles.